The van der Waals surface area contributed by atoms with Gasteiger partial charge in [0.15, 0.2) is 11.6 Å². The quantitative estimate of drug-likeness (QED) is 0.152. The largest absolute Gasteiger partial charge is 0.496 e. The minimum Gasteiger partial charge on any atom is -0.496 e. The third-order valence-corrected chi connectivity index (χ3v) is 10.5. The summed E-state index contributed by atoms with van der Waals surface area (Å²) in [7, 11) is 1.34. The Labute approximate surface area is 296 Å². The highest BCUT2D eigenvalue weighted by Gasteiger charge is 2.40. The summed E-state index contributed by atoms with van der Waals surface area (Å²) in [6, 6.07) is 21.0. The van der Waals surface area contributed by atoms with Gasteiger partial charge in [-0.15, -0.1) is 0 Å². The van der Waals surface area contributed by atoms with Crippen molar-refractivity contribution in [3.8, 4) is 11.5 Å². The Hall–Kier alpha value is -4.63. The number of hydrogen-bond acceptors (Lipinski definition) is 6. The number of amides is 2. The second-order valence-corrected chi connectivity index (χ2v) is 14.5. The van der Waals surface area contributed by atoms with E-state index in [-0.39, 0.29) is 58.3 Å². The smallest absolute Gasteiger partial charge is 0.312 e. The molecule has 0 atom stereocenters. The molecule has 2 saturated carbocycles. The van der Waals surface area contributed by atoms with Crippen molar-refractivity contribution in [2.45, 2.75) is 71.5 Å². The van der Waals surface area contributed by atoms with E-state index in [1.165, 1.54) is 19.2 Å². The minimum absolute atomic E-state index is 0.00961. The first-order valence-corrected chi connectivity index (χ1v) is 17.4. The van der Waals surface area contributed by atoms with Crippen LogP contribution >= 0.6 is 11.6 Å². The van der Waals surface area contributed by atoms with Crippen LogP contribution in [0.4, 0.5) is 10.1 Å². The van der Waals surface area contributed by atoms with Gasteiger partial charge in [0, 0.05) is 17.6 Å². The number of esters is 1. The van der Waals surface area contributed by atoms with Crippen molar-refractivity contribution in [1.82, 2.24) is 5.32 Å². The van der Waals surface area contributed by atoms with E-state index in [2.05, 4.69) is 17.6 Å². The first-order chi connectivity index (χ1) is 24.0. The zero-order valence-electron chi connectivity index (χ0n) is 28.6. The van der Waals surface area contributed by atoms with Crippen LogP contribution < -0.4 is 20.1 Å². The van der Waals surface area contributed by atoms with Crippen LogP contribution in [0, 0.1) is 16.6 Å². The Morgan fingerprint density at radius 2 is 1.62 bits per heavy atom. The maximum Gasteiger partial charge on any atom is 0.312 e. The molecule has 2 aliphatic carbocycles. The van der Waals surface area contributed by atoms with E-state index < -0.39 is 17.1 Å². The van der Waals surface area contributed by atoms with Crippen molar-refractivity contribution in [3.05, 3.63) is 100 Å². The Morgan fingerprint density at radius 3 is 2.34 bits per heavy atom. The second-order valence-electron chi connectivity index (χ2n) is 14.1. The van der Waals surface area contributed by atoms with Gasteiger partial charge in [-0.2, -0.15) is 0 Å². The molecule has 0 heterocycles. The number of carbonyl (C=O) groups is 3. The second kappa shape index (κ2) is 14.7. The Bertz CT molecular complexity index is 1910. The fraction of sp³-hybridized carbons (Fsp3) is 0.375. The Balaban J connectivity index is 1.10. The summed E-state index contributed by atoms with van der Waals surface area (Å²) < 4.78 is 32.5. The van der Waals surface area contributed by atoms with Crippen molar-refractivity contribution >= 4 is 45.8 Å². The van der Waals surface area contributed by atoms with Crippen LogP contribution in [0.2, 0.25) is 5.02 Å². The van der Waals surface area contributed by atoms with Crippen LogP contribution in [0.5, 0.6) is 11.5 Å². The lowest BCUT2D eigenvalue weighted by Gasteiger charge is -2.38. The van der Waals surface area contributed by atoms with E-state index in [1.807, 2.05) is 49.4 Å². The number of anilines is 1. The molecule has 10 heteroatoms. The molecule has 4 aromatic carbocycles. The molecule has 0 saturated heterocycles. The van der Waals surface area contributed by atoms with Crippen molar-refractivity contribution in [3.63, 3.8) is 0 Å². The van der Waals surface area contributed by atoms with Crippen molar-refractivity contribution < 1.29 is 33.0 Å². The van der Waals surface area contributed by atoms with Crippen molar-refractivity contribution in [2.75, 3.05) is 19.0 Å². The van der Waals surface area contributed by atoms with E-state index in [1.54, 1.807) is 12.1 Å². The summed E-state index contributed by atoms with van der Waals surface area (Å²) in [5.74, 6) is -2.02. The zero-order chi connectivity index (χ0) is 35.5. The number of halogens is 2. The Kier molecular flexibility index (Phi) is 10.3. The average Bonchev–Trinajstić information content (AvgIpc) is 3.10. The summed E-state index contributed by atoms with van der Waals surface area (Å²) in [6.45, 7) is 4.72. The fourth-order valence-electron chi connectivity index (χ4n) is 6.79. The van der Waals surface area contributed by atoms with Crippen LogP contribution in [-0.4, -0.2) is 37.5 Å². The highest BCUT2D eigenvalue weighted by Crippen LogP contribution is 2.41. The molecule has 8 nitrogen and oxygen atoms in total. The molecule has 0 aromatic heterocycles. The summed E-state index contributed by atoms with van der Waals surface area (Å²) in [4.78, 5) is 40.0. The van der Waals surface area contributed by atoms with Gasteiger partial charge < -0.3 is 24.8 Å². The Morgan fingerprint density at radius 1 is 0.880 bits per heavy atom. The zero-order valence-corrected chi connectivity index (χ0v) is 29.3. The van der Waals surface area contributed by atoms with Gasteiger partial charge in [-0.3, -0.25) is 14.4 Å². The highest BCUT2D eigenvalue weighted by molar-refractivity contribution is 6.31. The van der Waals surface area contributed by atoms with E-state index >= 15 is 4.39 Å². The lowest BCUT2D eigenvalue weighted by atomic mass is 9.70. The molecule has 4 aromatic rings. The minimum atomic E-state index is -0.702. The molecule has 0 bridgehead atoms. The lowest BCUT2D eigenvalue weighted by molar-refractivity contribution is -0.159. The average molecular weight is 701 g/mol. The van der Waals surface area contributed by atoms with Gasteiger partial charge in [0.2, 0.25) is 0 Å². The van der Waals surface area contributed by atoms with Crippen LogP contribution in [0.3, 0.4) is 0 Å². The van der Waals surface area contributed by atoms with Gasteiger partial charge in [0.05, 0.1) is 35.4 Å². The number of methoxy groups -OCH3 is 1. The monoisotopic (exact) mass is 700 g/mol. The maximum absolute atomic E-state index is 15.3. The fourth-order valence-corrected chi connectivity index (χ4v) is 6.96. The molecule has 262 valence electrons. The topological polar surface area (TPSA) is 103 Å². The number of fused-ring (bicyclic) bond motifs is 1. The van der Waals surface area contributed by atoms with Gasteiger partial charge in [-0.05, 0) is 91.5 Å². The standard InChI is InChI=1S/C40H42ClFN2O6/c1-39(16-7-17-39)24-43-36(45)30-20-27(41)12-13-33(30)44-37(46)31-21-35(32(42)22-34(31)48-3)50-28-14-18-40(2,19-15-28)38(47)49-23-26-10-6-9-25-8-4-5-11-29(25)26/h4-6,8-13,20-22,28H,7,14-19,23-24H2,1-3H3,(H,43,45)(H,44,46). The summed E-state index contributed by atoms with van der Waals surface area (Å²) in [5, 5.41) is 8.22. The summed E-state index contributed by atoms with van der Waals surface area (Å²) in [5.41, 5.74) is 0.807. The van der Waals surface area contributed by atoms with Gasteiger partial charge >= 0.3 is 5.97 Å². The van der Waals surface area contributed by atoms with Crippen molar-refractivity contribution in [1.29, 1.82) is 0 Å². The molecule has 0 aliphatic heterocycles. The molecular weight excluding hydrogens is 659 g/mol. The first kappa shape index (κ1) is 35.2. The molecular formula is C40H42ClFN2O6. The van der Waals surface area contributed by atoms with Crippen LogP contribution in [-0.2, 0) is 16.1 Å². The number of rotatable bonds is 11. The van der Waals surface area contributed by atoms with Crippen molar-refractivity contribution in [2.24, 2.45) is 10.8 Å². The summed E-state index contributed by atoms with van der Waals surface area (Å²) >= 11 is 6.22. The van der Waals surface area contributed by atoms with Gasteiger partial charge in [0.25, 0.3) is 11.8 Å². The van der Waals surface area contributed by atoms with Gasteiger partial charge in [-0.1, -0.05) is 67.4 Å². The van der Waals surface area contributed by atoms with Crippen LogP contribution in [0.15, 0.2) is 72.8 Å². The van der Waals surface area contributed by atoms with E-state index in [9.17, 15) is 14.4 Å². The number of ether oxygens (including phenoxy) is 3. The molecule has 2 aliphatic rings. The summed E-state index contributed by atoms with van der Waals surface area (Å²) in [6.07, 6.45) is 4.83. The number of hydrogen-bond donors (Lipinski definition) is 2. The van der Waals surface area contributed by atoms with Gasteiger partial charge in [-0.25, -0.2) is 4.39 Å². The van der Waals surface area contributed by atoms with E-state index in [4.69, 9.17) is 25.8 Å². The highest BCUT2D eigenvalue weighted by atomic mass is 35.5. The molecule has 0 spiro atoms. The van der Waals surface area contributed by atoms with E-state index in [0.717, 1.165) is 41.7 Å². The van der Waals surface area contributed by atoms with Crippen LogP contribution in [0.1, 0.15) is 85.1 Å². The maximum atomic E-state index is 15.3. The molecule has 2 fully saturated rings. The molecule has 2 N–H and O–H groups in total. The van der Waals surface area contributed by atoms with Gasteiger partial charge in [0.1, 0.15) is 12.4 Å². The first-order valence-electron chi connectivity index (χ1n) is 17.0. The molecule has 0 unspecified atom stereocenters. The third-order valence-electron chi connectivity index (χ3n) is 10.3. The molecule has 50 heavy (non-hydrogen) atoms. The molecule has 2 amide bonds. The number of benzene rings is 4. The number of carbonyl (C=O) groups excluding carboxylic acids is 3. The third kappa shape index (κ3) is 7.73. The lowest BCUT2D eigenvalue weighted by Crippen LogP contribution is -2.40. The van der Waals surface area contributed by atoms with E-state index in [0.29, 0.717) is 37.3 Å². The number of nitrogens with one attached hydrogen (secondary N) is 2. The van der Waals surface area contributed by atoms with Crippen LogP contribution in [0.25, 0.3) is 10.8 Å². The molecule has 6 rings (SSSR count). The molecule has 0 radical (unpaired) electrons. The normalized spacial score (nSPS) is 19.6. The predicted molar refractivity (Wildman–Crippen MR) is 191 cm³/mol. The SMILES string of the molecule is COc1cc(F)c(OC2CCC(C)(C(=O)OCc3cccc4ccccc34)CC2)cc1C(=O)Nc1ccc(Cl)cc1C(=O)NCC1(C)CCC1. The predicted octanol–water partition coefficient (Wildman–Crippen LogP) is 8.88.